The van der Waals surface area contributed by atoms with Crippen molar-refractivity contribution in [2.45, 2.75) is 46.1 Å². The van der Waals surface area contributed by atoms with Crippen LogP contribution in [0.15, 0.2) is 4.79 Å². The Morgan fingerprint density at radius 2 is 2.07 bits per heavy atom. The number of aromatic amines is 1. The van der Waals surface area contributed by atoms with Crippen molar-refractivity contribution in [2.75, 3.05) is 6.54 Å². The second-order valence-corrected chi connectivity index (χ2v) is 5.81. The fourth-order valence-electron chi connectivity index (χ4n) is 1.47. The van der Waals surface area contributed by atoms with E-state index in [-0.39, 0.29) is 10.3 Å². The quantitative estimate of drug-likeness (QED) is 0.776. The summed E-state index contributed by atoms with van der Waals surface area (Å²) in [4.78, 5) is 15.4. The molecule has 86 valence electrons. The van der Waals surface area contributed by atoms with Crippen LogP contribution in [0.4, 0.5) is 0 Å². The standard InChI is InChI=1S/C11H20N2OS/c1-5-6-12-7-8-9(11(2,3)4)13-10(14)15-8/h12H,5-7H2,1-4H3,(H,13,14). The van der Waals surface area contributed by atoms with E-state index in [0.29, 0.717) is 0 Å². The molecule has 0 spiro atoms. The molecule has 3 nitrogen and oxygen atoms in total. The summed E-state index contributed by atoms with van der Waals surface area (Å²) in [6.45, 7) is 10.3. The molecule has 0 fully saturated rings. The molecule has 2 N–H and O–H groups in total. The number of nitrogens with one attached hydrogen (secondary N) is 2. The molecule has 4 heteroatoms. The van der Waals surface area contributed by atoms with E-state index in [0.717, 1.165) is 30.1 Å². The van der Waals surface area contributed by atoms with E-state index in [1.807, 2.05) is 0 Å². The zero-order valence-electron chi connectivity index (χ0n) is 9.94. The molecule has 0 saturated carbocycles. The van der Waals surface area contributed by atoms with E-state index in [1.165, 1.54) is 11.3 Å². The van der Waals surface area contributed by atoms with Crippen LogP contribution in [0.2, 0.25) is 0 Å². The second-order valence-electron chi connectivity index (χ2n) is 4.74. The third-order valence-corrected chi connectivity index (χ3v) is 3.07. The Labute approximate surface area is 94.9 Å². The molecule has 1 rings (SSSR count). The Bertz CT molecular complexity index is 359. The Kier molecular flexibility index (Phi) is 4.11. The zero-order chi connectivity index (χ0) is 11.5. The van der Waals surface area contributed by atoms with E-state index in [2.05, 4.69) is 38.0 Å². The number of hydrogen-bond acceptors (Lipinski definition) is 3. The maximum Gasteiger partial charge on any atom is 0.305 e. The monoisotopic (exact) mass is 228 g/mol. The first-order valence-corrected chi connectivity index (χ1v) is 6.20. The Balaban J connectivity index is 2.82. The smallest absolute Gasteiger partial charge is 0.305 e. The van der Waals surface area contributed by atoms with Crippen molar-refractivity contribution >= 4 is 11.3 Å². The Morgan fingerprint density at radius 3 is 2.60 bits per heavy atom. The molecule has 0 bridgehead atoms. The van der Waals surface area contributed by atoms with Crippen LogP contribution in [0.5, 0.6) is 0 Å². The van der Waals surface area contributed by atoms with Gasteiger partial charge in [0.05, 0.1) is 0 Å². The van der Waals surface area contributed by atoms with Crippen molar-refractivity contribution in [1.82, 2.24) is 10.3 Å². The van der Waals surface area contributed by atoms with Gasteiger partial charge < -0.3 is 10.3 Å². The van der Waals surface area contributed by atoms with Crippen LogP contribution >= 0.6 is 11.3 Å². The van der Waals surface area contributed by atoms with Crippen LogP contribution in [0, 0.1) is 0 Å². The lowest BCUT2D eigenvalue weighted by atomic mass is 9.91. The van der Waals surface area contributed by atoms with Crippen molar-refractivity contribution < 1.29 is 0 Å². The molecule has 0 radical (unpaired) electrons. The summed E-state index contributed by atoms with van der Waals surface area (Å²) in [6, 6.07) is 0. The molecule has 0 aromatic carbocycles. The van der Waals surface area contributed by atoms with Crippen molar-refractivity contribution in [3.63, 3.8) is 0 Å². The molecule has 0 aliphatic heterocycles. The number of hydrogen-bond donors (Lipinski definition) is 2. The van der Waals surface area contributed by atoms with Crippen LogP contribution in [0.25, 0.3) is 0 Å². The summed E-state index contributed by atoms with van der Waals surface area (Å²) in [5.41, 5.74) is 1.09. The Morgan fingerprint density at radius 1 is 1.40 bits per heavy atom. The summed E-state index contributed by atoms with van der Waals surface area (Å²) in [6.07, 6.45) is 1.12. The highest BCUT2D eigenvalue weighted by molar-refractivity contribution is 7.09. The lowest BCUT2D eigenvalue weighted by Gasteiger charge is -2.18. The Hall–Kier alpha value is -0.610. The molecular formula is C11H20N2OS. The maximum absolute atomic E-state index is 11.3. The molecule has 0 aliphatic rings. The van der Waals surface area contributed by atoms with Gasteiger partial charge in [0.1, 0.15) is 0 Å². The third kappa shape index (κ3) is 3.47. The highest BCUT2D eigenvalue weighted by Crippen LogP contribution is 2.24. The van der Waals surface area contributed by atoms with Gasteiger partial charge in [-0.05, 0) is 13.0 Å². The molecule has 0 unspecified atom stereocenters. The number of thiazole rings is 1. The van der Waals surface area contributed by atoms with Gasteiger partial charge in [0.2, 0.25) is 0 Å². The van der Waals surface area contributed by atoms with E-state index in [9.17, 15) is 4.79 Å². The topological polar surface area (TPSA) is 44.9 Å². The largest absolute Gasteiger partial charge is 0.316 e. The normalized spacial score (nSPS) is 12.0. The summed E-state index contributed by atoms with van der Waals surface area (Å²) in [7, 11) is 0. The van der Waals surface area contributed by atoms with Crippen LogP contribution < -0.4 is 10.2 Å². The molecule has 0 aliphatic carbocycles. The predicted octanol–water partition coefficient (Wildman–Crippen LogP) is 2.23. The van der Waals surface area contributed by atoms with Crippen LogP contribution in [0.1, 0.15) is 44.7 Å². The minimum atomic E-state index is 0.0163. The van der Waals surface area contributed by atoms with E-state index >= 15 is 0 Å². The van der Waals surface area contributed by atoms with Gasteiger partial charge in [-0.25, -0.2) is 0 Å². The molecule has 1 heterocycles. The fraction of sp³-hybridized carbons (Fsp3) is 0.727. The van der Waals surface area contributed by atoms with E-state index < -0.39 is 0 Å². The van der Waals surface area contributed by atoms with Gasteiger partial charge in [0.15, 0.2) is 0 Å². The third-order valence-electron chi connectivity index (χ3n) is 2.18. The number of H-pyrrole nitrogens is 1. The van der Waals surface area contributed by atoms with Crippen LogP contribution in [0.3, 0.4) is 0 Å². The van der Waals surface area contributed by atoms with E-state index in [4.69, 9.17) is 0 Å². The van der Waals surface area contributed by atoms with Gasteiger partial charge in [-0.1, -0.05) is 39.0 Å². The molecule has 0 saturated heterocycles. The summed E-state index contributed by atoms with van der Waals surface area (Å²) >= 11 is 1.32. The zero-order valence-corrected chi connectivity index (χ0v) is 10.8. The van der Waals surface area contributed by atoms with Gasteiger partial charge in [-0.3, -0.25) is 4.79 Å². The summed E-state index contributed by atoms with van der Waals surface area (Å²) in [5, 5.41) is 3.33. The maximum atomic E-state index is 11.3. The van der Waals surface area contributed by atoms with Crippen molar-refractivity contribution in [3.05, 3.63) is 20.2 Å². The van der Waals surface area contributed by atoms with Crippen LogP contribution in [-0.2, 0) is 12.0 Å². The first-order valence-electron chi connectivity index (χ1n) is 5.38. The first kappa shape index (κ1) is 12.5. The second kappa shape index (κ2) is 4.94. The van der Waals surface area contributed by atoms with Gasteiger partial charge >= 0.3 is 4.87 Å². The van der Waals surface area contributed by atoms with Crippen LogP contribution in [-0.4, -0.2) is 11.5 Å². The number of rotatable bonds is 4. The SMILES string of the molecule is CCCNCc1sc(=O)[nH]c1C(C)(C)C. The minimum Gasteiger partial charge on any atom is -0.316 e. The fourth-order valence-corrected chi connectivity index (χ4v) is 2.48. The summed E-state index contributed by atoms with van der Waals surface area (Å²) in [5.74, 6) is 0. The highest BCUT2D eigenvalue weighted by Gasteiger charge is 2.20. The molecule has 0 atom stereocenters. The first-order chi connectivity index (χ1) is 6.95. The van der Waals surface area contributed by atoms with Gasteiger partial charge in [0.25, 0.3) is 0 Å². The minimum absolute atomic E-state index is 0.0163. The molecule has 0 amide bonds. The van der Waals surface area contributed by atoms with Gasteiger partial charge in [-0.2, -0.15) is 0 Å². The average molecular weight is 228 g/mol. The van der Waals surface area contributed by atoms with Crippen molar-refractivity contribution in [3.8, 4) is 0 Å². The molecular weight excluding hydrogens is 208 g/mol. The van der Waals surface area contributed by atoms with E-state index in [1.54, 1.807) is 0 Å². The molecule has 15 heavy (non-hydrogen) atoms. The highest BCUT2D eigenvalue weighted by atomic mass is 32.1. The van der Waals surface area contributed by atoms with Crippen molar-refractivity contribution in [1.29, 1.82) is 0 Å². The molecule has 1 aromatic heterocycles. The average Bonchev–Trinajstić information content (AvgIpc) is 2.47. The summed E-state index contributed by atoms with van der Waals surface area (Å²) < 4.78 is 0. The lowest BCUT2D eigenvalue weighted by molar-refractivity contribution is 0.558. The van der Waals surface area contributed by atoms with Gasteiger partial charge in [-0.15, -0.1) is 0 Å². The van der Waals surface area contributed by atoms with Crippen molar-refractivity contribution in [2.24, 2.45) is 0 Å². The number of aromatic nitrogens is 1. The predicted molar refractivity (Wildman–Crippen MR) is 65.6 cm³/mol. The lowest BCUT2D eigenvalue weighted by Crippen LogP contribution is -2.19. The molecule has 1 aromatic rings. The van der Waals surface area contributed by atoms with Gasteiger partial charge in [0, 0.05) is 22.5 Å².